The number of benzene rings is 1. The van der Waals surface area contributed by atoms with Crippen LogP contribution in [0.4, 0.5) is 13.2 Å². The lowest BCUT2D eigenvalue weighted by molar-refractivity contribution is -0.159. The third-order valence-corrected chi connectivity index (χ3v) is 2.99. The lowest BCUT2D eigenvalue weighted by Gasteiger charge is -2.03. The Morgan fingerprint density at radius 2 is 1.90 bits per heavy atom. The van der Waals surface area contributed by atoms with Crippen molar-refractivity contribution in [1.29, 1.82) is 0 Å². The van der Waals surface area contributed by atoms with E-state index in [1.807, 2.05) is 0 Å². The van der Waals surface area contributed by atoms with Crippen LogP contribution in [0.1, 0.15) is 29.1 Å². The first kappa shape index (κ1) is 13.6. The van der Waals surface area contributed by atoms with Gasteiger partial charge in [0.25, 0.3) is 5.91 Å². The van der Waals surface area contributed by atoms with Gasteiger partial charge in [0.05, 0.1) is 0 Å². The van der Waals surface area contributed by atoms with Gasteiger partial charge in [0.1, 0.15) is 0 Å². The normalized spacial score (nSPS) is 15.0. The molecule has 1 aromatic heterocycles. The van der Waals surface area contributed by atoms with Crippen molar-refractivity contribution in [2.45, 2.75) is 25.1 Å². The number of hydrogen-bond donors (Lipinski definition) is 1. The molecular weight excluding hydrogens is 287 g/mol. The SMILES string of the molecule is O=C(NC1CC1)c1ccc(-c2noc(C(F)(F)F)n2)cc1. The van der Waals surface area contributed by atoms with Gasteiger partial charge in [-0.15, -0.1) is 0 Å². The number of alkyl halides is 3. The molecule has 110 valence electrons. The average molecular weight is 297 g/mol. The predicted octanol–water partition coefficient (Wildman–Crippen LogP) is 2.65. The number of nitrogens with zero attached hydrogens (tertiary/aromatic N) is 2. The van der Waals surface area contributed by atoms with Crippen LogP contribution >= 0.6 is 0 Å². The Kier molecular flexibility index (Phi) is 3.15. The van der Waals surface area contributed by atoms with E-state index in [1.165, 1.54) is 24.3 Å². The van der Waals surface area contributed by atoms with Crippen LogP contribution in [0.5, 0.6) is 0 Å². The standard InChI is InChI=1S/C13H10F3N3O2/c14-13(15,16)12-18-10(19-21-12)7-1-3-8(4-2-7)11(20)17-9-5-6-9/h1-4,9H,5-6H2,(H,17,20). The molecule has 8 heteroatoms. The molecule has 0 atom stereocenters. The van der Waals surface area contributed by atoms with Crippen LogP contribution in [0.2, 0.25) is 0 Å². The summed E-state index contributed by atoms with van der Waals surface area (Å²) in [6.07, 6.45) is -2.71. The summed E-state index contributed by atoms with van der Waals surface area (Å²) in [6.45, 7) is 0. The monoisotopic (exact) mass is 297 g/mol. The van der Waals surface area contributed by atoms with E-state index in [2.05, 4.69) is 20.0 Å². The summed E-state index contributed by atoms with van der Waals surface area (Å²) < 4.78 is 41.3. The molecule has 2 aromatic rings. The summed E-state index contributed by atoms with van der Waals surface area (Å²) in [5.74, 6) is -1.77. The topological polar surface area (TPSA) is 68.0 Å². The molecule has 3 rings (SSSR count). The largest absolute Gasteiger partial charge is 0.471 e. The first-order valence-electron chi connectivity index (χ1n) is 6.26. The van der Waals surface area contributed by atoms with E-state index >= 15 is 0 Å². The van der Waals surface area contributed by atoms with Crippen molar-refractivity contribution in [3.05, 3.63) is 35.7 Å². The van der Waals surface area contributed by atoms with Crippen molar-refractivity contribution in [2.75, 3.05) is 0 Å². The number of carbonyl (C=O) groups is 1. The molecule has 1 aliphatic rings. The summed E-state index contributed by atoms with van der Waals surface area (Å²) in [6, 6.07) is 6.22. The fraction of sp³-hybridized carbons (Fsp3) is 0.308. The molecule has 1 fully saturated rings. The van der Waals surface area contributed by atoms with Gasteiger partial charge in [0, 0.05) is 17.2 Å². The van der Waals surface area contributed by atoms with E-state index < -0.39 is 12.1 Å². The fourth-order valence-corrected chi connectivity index (χ4v) is 1.72. The van der Waals surface area contributed by atoms with E-state index in [0.29, 0.717) is 11.1 Å². The summed E-state index contributed by atoms with van der Waals surface area (Å²) in [5.41, 5.74) is 0.780. The maximum Gasteiger partial charge on any atom is 0.471 e. The average Bonchev–Trinajstić information content (AvgIpc) is 3.09. The number of rotatable bonds is 3. The zero-order chi connectivity index (χ0) is 15.0. The number of halogens is 3. The molecule has 21 heavy (non-hydrogen) atoms. The second-order valence-corrected chi connectivity index (χ2v) is 4.75. The molecule has 1 aromatic carbocycles. The molecule has 1 N–H and O–H groups in total. The van der Waals surface area contributed by atoms with Gasteiger partial charge in [0.15, 0.2) is 0 Å². The van der Waals surface area contributed by atoms with Crippen LogP contribution in [0.25, 0.3) is 11.4 Å². The van der Waals surface area contributed by atoms with Crippen molar-refractivity contribution >= 4 is 5.91 Å². The van der Waals surface area contributed by atoms with E-state index in [9.17, 15) is 18.0 Å². The quantitative estimate of drug-likeness (QED) is 0.945. The first-order chi connectivity index (χ1) is 9.93. The van der Waals surface area contributed by atoms with Gasteiger partial charge in [0.2, 0.25) is 5.82 Å². The molecule has 0 bridgehead atoms. The summed E-state index contributed by atoms with van der Waals surface area (Å²) in [4.78, 5) is 15.1. The number of carbonyl (C=O) groups excluding carboxylic acids is 1. The van der Waals surface area contributed by atoms with Gasteiger partial charge in [-0.2, -0.15) is 18.2 Å². The minimum atomic E-state index is -4.67. The van der Waals surface area contributed by atoms with Gasteiger partial charge in [-0.05, 0) is 25.0 Å². The van der Waals surface area contributed by atoms with Crippen LogP contribution in [0, 0.1) is 0 Å². The second kappa shape index (κ2) is 4.87. The summed E-state index contributed by atoms with van der Waals surface area (Å²) in [7, 11) is 0. The highest BCUT2D eigenvalue weighted by molar-refractivity contribution is 5.94. The minimum Gasteiger partial charge on any atom is -0.349 e. The van der Waals surface area contributed by atoms with Crippen LogP contribution in [-0.2, 0) is 6.18 Å². The Labute approximate surface area is 117 Å². The van der Waals surface area contributed by atoms with E-state index in [0.717, 1.165) is 12.8 Å². The molecule has 5 nitrogen and oxygen atoms in total. The van der Waals surface area contributed by atoms with Crippen LogP contribution in [0.3, 0.4) is 0 Å². The molecule has 1 aliphatic carbocycles. The van der Waals surface area contributed by atoms with E-state index in [1.54, 1.807) is 0 Å². The first-order valence-corrected chi connectivity index (χ1v) is 6.26. The summed E-state index contributed by atoms with van der Waals surface area (Å²) in [5, 5.41) is 6.10. The van der Waals surface area contributed by atoms with Crippen molar-refractivity contribution < 1.29 is 22.5 Å². The molecule has 0 unspecified atom stereocenters. The molecule has 1 saturated carbocycles. The smallest absolute Gasteiger partial charge is 0.349 e. The molecule has 0 radical (unpaired) electrons. The molecule has 0 spiro atoms. The van der Waals surface area contributed by atoms with Crippen LogP contribution in [0.15, 0.2) is 28.8 Å². The molecule has 0 aliphatic heterocycles. The zero-order valence-corrected chi connectivity index (χ0v) is 10.6. The highest BCUT2D eigenvalue weighted by Crippen LogP contribution is 2.29. The third-order valence-electron chi connectivity index (χ3n) is 2.99. The Balaban J connectivity index is 1.77. The minimum absolute atomic E-state index is 0.170. The Morgan fingerprint density at radius 1 is 1.24 bits per heavy atom. The Bertz CT molecular complexity index is 660. The number of nitrogens with one attached hydrogen (secondary N) is 1. The van der Waals surface area contributed by atoms with Gasteiger partial charge < -0.3 is 9.84 Å². The number of hydrogen-bond acceptors (Lipinski definition) is 4. The van der Waals surface area contributed by atoms with Crippen LogP contribution in [-0.4, -0.2) is 22.1 Å². The van der Waals surface area contributed by atoms with Crippen molar-refractivity contribution in [3.8, 4) is 11.4 Å². The Hall–Kier alpha value is -2.38. The summed E-state index contributed by atoms with van der Waals surface area (Å²) >= 11 is 0. The van der Waals surface area contributed by atoms with Crippen molar-refractivity contribution in [2.24, 2.45) is 0 Å². The predicted molar refractivity (Wildman–Crippen MR) is 65.2 cm³/mol. The molecule has 1 heterocycles. The second-order valence-electron chi connectivity index (χ2n) is 4.75. The number of aromatic nitrogens is 2. The van der Waals surface area contributed by atoms with Crippen molar-refractivity contribution in [3.63, 3.8) is 0 Å². The highest BCUT2D eigenvalue weighted by atomic mass is 19.4. The van der Waals surface area contributed by atoms with Crippen LogP contribution < -0.4 is 5.32 Å². The zero-order valence-electron chi connectivity index (χ0n) is 10.6. The maximum atomic E-state index is 12.4. The maximum absolute atomic E-state index is 12.4. The van der Waals surface area contributed by atoms with Gasteiger partial charge >= 0.3 is 12.1 Å². The number of amides is 1. The van der Waals surface area contributed by atoms with Gasteiger partial charge in [-0.1, -0.05) is 17.3 Å². The lowest BCUT2D eigenvalue weighted by atomic mass is 10.1. The highest BCUT2D eigenvalue weighted by Gasteiger charge is 2.38. The van der Waals surface area contributed by atoms with E-state index in [-0.39, 0.29) is 17.8 Å². The van der Waals surface area contributed by atoms with Gasteiger partial charge in [-0.3, -0.25) is 4.79 Å². The third kappa shape index (κ3) is 3.04. The van der Waals surface area contributed by atoms with Gasteiger partial charge in [-0.25, -0.2) is 0 Å². The fourth-order valence-electron chi connectivity index (χ4n) is 1.72. The molecule has 1 amide bonds. The van der Waals surface area contributed by atoms with E-state index in [4.69, 9.17) is 0 Å². The Morgan fingerprint density at radius 3 is 2.43 bits per heavy atom. The lowest BCUT2D eigenvalue weighted by Crippen LogP contribution is -2.25. The molecule has 0 saturated heterocycles. The van der Waals surface area contributed by atoms with Crippen molar-refractivity contribution in [1.82, 2.24) is 15.5 Å². The molecular formula is C13H10F3N3O2.